The number of carbonyl (C=O) groups is 2. The first-order valence-electron chi connectivity index (χ1n) is 8.60. The quantitative estimate of drug-likeness (QED) is 0.414. The first kappa shape index (κ1) is 21.0. The molecule has 1 aliphatic carbocycles. The lowest BCUT2D eigenvalue weighted by Crippen LogP contribution is -3.00. The number of Topliss-reactive ketones (excluding diaryl/α,β-unsaturated/α-hetero) is 2. The van der Waals surface area contributed by atoms with Crippen LogP contribution < -0.4 is 38.6 Å². The van der Waals surface area contributed by atoms with E-state index < -0.39 is 0 Å². The van der Waals surface area contributed by atoms with Gasteiger partial charge in [0.2, 0.25) is 5.78 Å². The number of nitrogens with zero attached hydrogens (tertiary/aromatic N) is 1. The first-order chi connectivity index (χ1) is 13.6. The maximum Gasteiger partial charge on any atom is 0.286 e. The third-order valence-corrected chi connectivity index (χ3v) is 4.79. The molecule has 4 rings (SSSR count). The molecule has 0 saturated carbocycles. The van der Waals surface area contributed by atoms with E-state index in [0.29, 0.717) is 27.6 Å². The highest BCUT2D eigenvalue weighted by Crippen LogP contribution is 2.31. The van der Waals surface area contributed by atoms with Crippen LogP contribution in [0.15, 0.2) is 78.8 Å². The summed E-state index contributed by atoms with van der Waals surface area (Å²) in [6.07, 6.45) is 3.47. The van der Waals surface area contributed by atoms with Gasteiger partial charge in [-0.2, -0.15) is 4.57 Å². The second-order valence-corrected chi connectivity index (χ2v) is 6.59. The fraction of sp³-hybridized carbons (Fsp3) is 0.0455. The average Bonchev–Trinajstić information content (AvgIpc) is 2.73. The second kappa shape index (κ2) is 8.75. The Morgan fingerprint density at radius 1 is 0.897 bits per heavy atom. The molecule has 29 heavy (non-hydrogen) atoms. The van der Waals surface area contributed by atoms with Gasteiger partial charge >= 0.3 is 0 Å². The van der Waals surface area contributed by atoms with Crippen LogP contribution in [0.3, 0.4) is 0 Å². The van der Waals surface area contributed by atoms with Crippen LogP contribution in [0.2, 0.25) is 5.02 Å². The van der Waals surface area contributed by atoms with Crippen LogP contribution in [0.5, 0.6) is 5.75 Å². The zero-order valence-corrected chi connectivity index (χ0v) is 18.3. The van der Waals surface area contributed by atoms with E-state index in [-0.39, 0.29) is 46.9 Å². The number of pyridine rings is 1. The molecule has 3 aromatic rings. The van der Waals surface area contributed by atoms with Gasteiger partial charge < -0.3 is 34.0 Å². The molecule has 2 aromatic carbocycles. The predicted molar refractivity (Wildman–Crippen MR) is 107 cm³/mol. The molecule has 0 unspecified atom stereocenters. The summed E-state index contributed by atoms with van der Waals surface area (Å²) in [4.78, 5) is 26.4. The molecule has 0 fully saturated rings. The van der Waals surface area contributed by atoms with Gasteiger partial charge in [0.1, 0.15) is 5.75 Å². The molecule has 0 saturated heterocycles. The molecule has 5 nitrogen and oxygen atoms in total. The highest BCUT2D eigenvalue weighted by Gasteiger charge is 2.38. The molecule has 0 spiro atoms. The number of nitrogens with one attached hydrogen (secondary N) is 1. The zero-order chi connectivity index (χ0) is 19.7. The minimum atomic E-state index is -0.256. The number of ether oxygens (including phenoxy) is 1. The maximum absolute atomic E-state index is 13.2. The molecule has 0 atom stereocenters. The molecular formula is C22H16ClIN2O3. The van der Waals surface area contributed by atoms with Gasteiger partial charge in [-0.1, -0.05) is 41.9 Å². The van der Waals surface area contributed by atoms with Crippen molar-refractivity contribution < 1.29 is 42.9 Å². The topological polar surface area (TPSA) is 59.3 Å². The van der Waals surface area contributed by atoms with E-state index in [2.05, 4.69) is 5.32 Å². The highest BCUT2D eigenvalue weighted by molar-refractivity contribution is 6.36. The van der Waals surface area contributed by atoms with Gasteiger partial charge in [-0.05, 0) is 18.2 Å². The molecule has 0 bridgehead atoms. The van der Waals surface area contributed by atoms with Crippen LogP contribution in [0, 0.1) is 0 Å². The van der Waals surface area contributed by atoms with Crippen LogP contribution in [-0.4, -0.2) is 18.7 Å². The Morgan fingerprint density at radius 3 is 2.17 bits per heavy atom. The number of fused-ring (bicyclic) bond motifs is 1. The number of allylic oxidation sites excluding steroid dienone is 2. The number of benzene rings is 2. The van der Waals surface area contributed by atoms with Gasteiger partial charge in [-0.3, -0.25) is 9.59 Å². The molecule has 1 aromatic heterocycles. The lowest BCUT2D eigenvalue weighted by atomic mass is 9.90. The molecule has 0 aliphatic heterocycles. The lowest BCUT2D eigenvalue weighted by Gasteiger charge is -2.18. The SMILES string of the molecule is COc1ccc(NC2=C([n+]3ccccc3)C(=O)c3ccccc3C2=O)cc1Cl.[I-]. The number of hydrogen-bond acceptors (Lipinski definition) is 4. The number of hydrogen-bond donors (Lipinski definition) is 1. The Bertz CT molecular complexity index is 1130. The maximum atomic E-state index is 13.2. The third-order valence-electron chi connectivity index (χ3n) is 4.49. The highest BCUT2D eigenvalue weighted by atomic mass is 127. The summed E-state index contributed by atoms with van der Waals surface area (Å²) in [7, 11) is 1.53. The minimum Gasteiger partial charge on any atom is -1.00 e. The van der Waals surface area contributed by atoms with Crippen LogP contribution in [0.1, 0.15) is 20.7 Å². The molecule has 1 heterocycles. The van der Waals surface area contributed by atoms with Gasteiger partial charge in [-0.15, -0.1) is 0 Å². The van der Waals surface area contributed by atoms with E-state index in [4.69, 9.17) is 16.3 Å². The number of methoxy groups -OCH3 is 1. The molecular weight excluding hydrogens is 503 g/mol. The van der Waals surface area contributed by atoms with Crippen LogP contribution in [0.25, 0.3) is 5.70 Å². The molecule has 1 aliphatic rings. The van der Waals surface area contributed by atoms with Crippen LogP contribution >= 0.6 is 11.6 Å². The van der Waals surface area contributed by atoms with E-state index in [1.165, 1.54) is 7.11 Å². The number of aromatic nitrogens is 1. The number of anilines is 1. The van der Waals surface area contributed by atoms with Gasteiger partial charge in [0.15, 0.2) is 18.1 Å². The smallest absolute Gasteiger partial charge is 0.286 e. The van der Waals surface area contributed by atoms with Gasteiger partial charge in [0.25, 0.3) is 11.5 Å². The summed E-state index contributed by atoms with van der Waals surface area (Å²) < 4.78 is 6.81. The monoisotopic (exact) mass is 518 g/mol. The predicted octanol–water partition coefficient (Wildman–Crippen LogP) is 1.000. The molecule has 146 valence electrons. The van der Waals surface area contributed by atoms with Gasteiger partial charge in [0, 0.05) is 28.9 Å². The number of halogens is 2. The Balaban J connectivity index is 0.00000240. The summed E-state index contributed by atoms with van der Waals surface area (Å²) in [6, 6.07) is 17.3. The summed E-state index contributed by atoms with van der Waals surface area (Å²) in [5.74, 6) is 0.0391. The lowest BCUT2D eigenvalue weighted by molar-refractivity contribution is -0.577. The number of carbonyl (C=O) groups excluding carboxylic acids is 2. The Kier molecular flexibility index (Phi) is 6.34. The summed E-state index contributed by atoms with van der Waals surface area (Å²) in [6.45, 7) is 0. The van der Waals surface area contributed by atoms with Crippen molar-refractivity contribution in [2.75, 3.05) is 12.4 Å². The van der Waals surface area contributed by atoms with Crippen molar-refractivity contribution in [1.29, 1.82) is 0 Å². The van der Waals surface area contributed by atoms with Crippen LogP contribution in [-0.2, 0) is 0 Å². The van der Waals surface area contributed by atoms with E-state index in [1.54, 1.807) is 71.6 Å². The van der Waals surface area contributed by atoms with E-state index >= 15 is 0 Å². The van der Waals surface area contributed by atoms with Crippen molar-refractivity contribution in [3.05, 3.63) is 94.9 Å². The fourth-order valence-corrected chi connectivity index (χ4v) is 3.42. The van der Waals surface area contributed by atoms with Crippen molar-refractivity contribution >= 4 is 34.6 Å². The fourth-order valence-electron chi connectivity index (χ4n) is 3.16. The summed E-state index contributed by atoms with van der Waals surface area (Å²) >= 11 is 6.21. The largest absolute Gasteiger partial charge is 1.00 e. The molecule has 0 radical (unpaired) electrons. The average molecular weight is 519 g/mol. The number of rotatable bonds is 4. The van der Waals surface area contributed by atoms with Crippen molar-refractivity contribution in [3.8, 4) is 5.75 Å². The van der Waals surface area contributed by atoms with Crippen molar-refractivity contribution in [1.82, 2.24) is 0 Å². The minimum absolute atomic E-state index is 0. The Labute approximate surface area is 190 Å². The van der Waals surface area contributed by atoms with E-state index in [1.807, 2.05) is 6.07 Å². The van der Waals surface area contributed by atoms with Crippen LogP contribution in [0.4, 0.5) is 5.69 Å². The van der Waals surface area contributed by atoms with Gasteiger partial charge in [-0.25, -0.2) is 0 Å². The molecule has 0 amide bonds. The van der Waals surface area contributed by atoms with Gasteiger partial charge in [0.05, 0.1) is 12.1 Å². The molecule has 7 heteroatoms. The Hall–Kier alpha value is -2.71. The van der Waals surface area contributed by atoms with Crippen molar-refractivity contribution in [3.63, 3.8) is 0 Å². The van der Waals surface area contributed by atoms with E-state index in [9.17, 15) is 9.59 Å². The number of ketones is 2. The summed E-state index contributed by atoms with van der Waals surface area (Å²) in [5, 5.41) is 3.49. The second-order valence-electron chi connectivity index (χ2n) is 6.18. The van der Waals surface area contributed by atoms with Crippen molar-refractivity contribution in [2.45, 2.75) is 0 Å². The van der Waals surface area contributed by atoms with Crippen molar-refractivity contribution in [2.24, 2.45) is 0 Å². The normalized spacial score (nSPS) is 12.9. The Morgan fingerprint density at radius 2 is 1.55 bits per heavy atom. The standard InChI is InChI=1S/C22H15ClN2O3.HI/c1-28-18-10-9-14(13-17(18)23)24-19-20(25-11-5-2-6-12-25)22(27)16-8-4-3-7-15(16)21(19)26;/h2-13H,1H3;1H. The first-order valence-corrected chi connectivity index (χ1v) is 8.98. The zero-order valence-electron chi connectivity index (χ0n) is 15.4. The molecule has 1 N–H and O–H groups in total. The van der Waals surface area contributed by atoms with E-state index in [0.717, 1.165) is 0 Å². The summed E-state index contributed by atoms with van der Waals surface area (Å²) in [5.41, 5.74) is 1.79. The third kappa shape index (κ3) is 3.90.